The van der Waals surface area contributed by atoms with Gasteiger partial charge >= 0.3 is 0 Å². The first-order valence-electron chi connectivity index (χ1n) is 10.8. The van der Waals surface area contributed by atoms with E-state index >= 15 is 0 Å². The number of rotatable bonds is 5. The van der Waals surface area contributed by atoms with Crippen LogP contribution in [0.25, 0.3) is 5.82 Å². The molecular weight excluding hydrogens is 437 g/mol. The molecule has 0 aromatic carbocycles. The number of aromatic nitrogens is 6. The Morgan fingerprint density at radius 3 is 2.59 bits per heavy atom. The van der Waals surface area contributed by atoms with Gasteiger partial charge in [-0.15, -0.1) is 0 Å². The van der Waals surface area contributed by atoms with E-state index in [0.29, 0.717) is 42.7 Å². The van der Waals surface area contributed by atoms with Crippen LogP contribution in [0.2, 0.25) is 0 Å². The Balaban J connectivity index is 1.20. The minimum absolute atomic E-state index is 0.116. The fourth-order valence-corrected chi connectivity index (χ4v) is 3.88. The van der Waals surface area contributed by atoms with Gasteiger partial charge in [0, 0.05) is 62.2 Å². The number of anilines is 3. The molecule has 172 valence electrons. The number of hydrogen-bond donors (Lipinski definition) is 1. The Kier molecular flexibility index (Phi) is 5.81. The topological polar surface area (TPSA) is 105 Å². The van der Waals surface area contributed by atoms with Gasteiger partial charge in [-0.2, -0.15) is 9.49 Å². The molecule has 1 aliphatic heterocycles. The largest absolute Gasteiger partial charge is 0.368 e. The molecule has 4 aromatic rings. The first-order valence-corrected chi connectivity index (χ1v) is 10.8. The quantitative estimate of drug-likeness (QED) is 0.454. The van der Waals surface area contributed by atoms with Crippen LogP contribution in [-0.4, -0.2) is 61.3 Å². The molecule has 5 heterocycles. The average Bonchev–Trinajstić information content (AvgIpc) is 3.40. The highest BCUT2D eigenvalue weighted by Gasteiger charge is 2.26. The minimum Gasteiger partial charge on any atom is -0.368 e. The van der Waals surface area contributed by atoms with E-state index in [0.717, 1.165) is 5.69 Å². The third-order valence-electron chi connectivity index (χ3n) is 5.60. The third-order valence-corrected chi connectivity index (χ3v) is 5.60. The summed E-state index contributed by atoms with van der Waals surface area (Å²) in [6, 6.07) is 8.57. The first kappa shape index (κ1) is 21.4. The lowest BCUT2D eigenvalue weighted by molar-refractivity contribution is 0.102. The highest BCUT2D eigenvalue weighted by atomic mass is 19.1. The van der Waals surface area contributed by atoms with Crippen LogP contribution >= 0.6 is 0 Å². The van der Waals surface area contributed by atoms with Crippen molar-refractivity contribution < 1.29 is 9.18 Å². The van der Waals surface area contributed by atoms with Gasteiger partial charge in [0.05, 0.1) is 23.6 Å². The van der Waals surface area contributed by atoms with Gasteiger partial charge < -0.3 is 15.1 Å². The molecule has 0 saturated carbocycles. The third kappa shape index (κ3) is 4.53. The van der Waals surface area contributed by atoms with Gasteiger partial charge in [0.2, 0.25) is 11.9 Å². The second kappa shape index (κ2) is 9.22. The van der Waals surface area contributed by atoms with Gasteiger partial charge in [-0.05, 0) is 31.2 Å². The molecule has 1 aliphatic rings. The molecule has 0 aliphatic carbocycles. The molecule has 5 rings (SSSR count). The summed E-state index contributed by atoms with van der Waals surface area (Å²) >= 11 is 0. The number of halogens is 1. The van der Waals surface area contributed by atoms with Crippen molar-refractivity contribution in [2.45, 2.75) is 13.0 Å². The van der Waals surface area contributed by atoms with E-state index < -0.39 is 5.95 Å². The van der Waals surface area contributed by atoms with Crippen molar-refractivity contribution in [3.63, 3.8) is 0 Å². The fraction of sp³-hybridized carbons (Fsp3) is 0.217. The highest BCUT2D eigenvalue weighted by Crippen LogP contribution is 2.22. The Bertz CT molecular complexity index is 1260. The number of piperazine rings is 1. The summed E-state index contributed by atoms with van der Waals surface area (Å²) in [5.74, 6) is 0.412. The van der Waals surface area contributed by atoms with Gasteiger partial charge in [-0.1, -0.05) is 0 Å². The SMILES string of the molecule is C[C@H]1CN(c2ccnc(F)c2)CCN1c1ncc(NC(=O)c2ccc(-n3cccn3)nc2)cn1. The number of hydrogen-bond acceptors (Lipinski definition) is 8. The van der Waals surface area contributed by atoms with Gasteiger partial charge in [0.15, 0.2) is 5.82 Å². The van der Waals surface area contributed by atoms with Gasteiger partial charge in [0.1, 0.15) is 0 Å². The summed E-state index contributed by atoms with van der Waals surface area (Å²) in [6.07, 6.45) is 9.58. The number of carbonyl (C=O) groups excluding carboxylic acids is 1. The maximum atomic E-state index is 13.5. The van der Waals surface area contributed by atoms with E-state index in [-0.39, 0.29) is 11.9 Å². The van der Waals surface area contributed by atoms with Crippen molar-refractivity contribution in [2.75, 3.05) is 34.8 Å². The summed E-state index contributed by atoms with van der Waals surface area (Å²) in [5.41, 5.74) is 1.71. The normalized spacial score (nSPS) is 15.9. The zero-order valence-electron chi connectivity index (χ0n) is 18.4. The lowest BCUT2D eigenvalue weighted by Gasteiger charge is -2.40. The summed E-state index contributed by atoms with van der Waals surface area (Å²) < 4.78 is 15.1. The predicted molar refractivity (Wildman–Crippen MR) is 125 cm³/mol. The van der Waals surface area contributed by atoms with E-state index in [4.69, 9.17) is 0 Å². The fourth-order valence-electron chi connectivity index (χ4n) is 3.88. The molecule has 34 heavy (non-hydrogen) atoms. The van der Waals surface area contributed by atoms with Gasteiger partial charge in [-0.3, -0.25) is 4.79 Å². The summed E-state index contributed by atoms with van der Waals surface area (Å²) in [5, 5.41) is 6.91. The molecule has 1 atom stereocenters. The lowest BCUT2D eigenvalue weighted by atomic mass is 10.2. The van der Waals surface area contributed by atoms with Crippen LogP contribution in [0.5, 0.6) is 0 Å². The van der Waals surface area contributed by atoms with Crippen molar-refractivity contribution in [1.82, 2.24) is 29.7 Å². The molecule has 10 nitrogen and oxygen atoms in total. The van der Waals surface area contributed by atoms with Crippen LogP contribution in [0.15, 0.2) is 67.5 Å². The van der Waals surface area contributed by atoms with E-state index in [1.807, 2.05) is 0 Å². The van der Waals surface area contributed by atoms with Crippen LogP contribution < -0.4 is 15.1 Å². The summed E-state index contributed by atoms with van der Waals surface area (Å²) in [7, 11) is 0. The molecule has 0 spiro atoms. The Hall–Kier alpha value is -4.41. The summed E-state index contributed by atoms with van der Waals surface area (Å²) in [6.45, 7) is 4.16. The zero-order valence-corrected chi connectivity index (χ0v) is 18.4. The Labute approximate surface area is 195 Å². The van der Waals surface area contributed by atoms with Gasteiger partial charge in [0.25, 0.3) is 5.91 Å². The monoisotopic (exact) mass is 459 g/mol. The zero-order chi connectivity index (χ0) is 23.5. The molecule has 1 saturated heterocycles. The number of pyridine rings is 2. The van der Waals surface area contributed by atoms with E-state index in [1.165, 1.54) is 18.5 Å². The van der Waals surface area contributed by atoms with Crippen LogP contribution in [0.3, 0.4) is 0 Å². The van der Waals surface area contributed by atoms with Crippen molar-refractivity contribution in [2.24, 2.45) is 0 Å². The maximum Gasteiger partial charge on any atom is 0.257 e. The van der Waals surface area contributed by atoms with Crippen LogP contribution in [0, 0.1) is 5.95 Å². The number of nitrogens with zero attached hydrogens (tertiary/aromatic N) is 8. The Morgan fingerprint density at radius 2 is 1.91 bits per heavy atom. The standard InChI is InChI=1S/C23H22FN9O/c1-16-15-31(19-5-7-25-20(24)11-19)9-10-32(16)23-27-13-18(14-28-23)30-22(34)17-3-4-21(26-12-17)33-8-2-6-29-33/h2-8,11-14,16H,9-10,15H2,1H3,(H,30,34)/t16-/m0/s1. The van der Waals surface area contributed by atoms with Crippen LogP contribution in [0.4, 0.5) is 21.7 Å². The smallest absolute Gasteiger partial charge is 0.257 e. The highest BCUT2D eigenvalue weighted by molar-refractivity contribution is 6.03. The number of amides is 1. The van der Waals surface area contributed by atoms with Crippen molar-refractivity contribution in [1.29, 1.82) is 0 Å². The minimum atomic E-state index is -0.488. The van der Waals surface area contributed by atoms with Crippen molar-refractivity contribution in [3.05, 3.63) is 79.0 Å². The Morgan fingerprint density at radius 1 is 1.06 bits per heavy atom. The molecule has 1 amide bonds. The molecule has 0 radical (unpaired) electrons. The molecule has 4 aromatic heterocycles. The number of carbonyl (C=O) groups is 1. The molecule has 1 fully saturated rings. The van der Waals surface area contributed by atoms with Gasteiger partial charge in [-0.25, -0.2) is 24.6 Å². The van der Waals surface area contributed by atoms with E-state index in [2.05, 4.69) is 47.1 Å². The lowest BCUT2D eigenvalue weighted by Crippen LogP contribution is -2.52. The van der Waals surface area contributed by atoms with Crippen LogP contribution in [-0.2, 0) is 0 Å². The molecule has 11 heteroatoms. The van der Waals surface area contributed by atoms with E-state index in [1.54, 1.807) is 53.7 Å². The van der Waals surface area contributed by atoms with E-state index in [9.17, 15) is 9.18 Å². The predicted octanol–water partition coefficient (Wildman–Crippen LogP) is 2.56. The first-order chi connectivity index (χ1) is 16.6. The second-order valence-electron chi connectivity index (χ2n) is 7.91. The molecule has 0 unspecified atom stereocenters. The maximum absolute atomic E-state index is 13.5. The molecular formula is C23H22FN9O. The second-order valence-corrected chi connectivity index (χ2v) is 7.91. The molecule has 0 bridgehead atoms. The van der Waals surface area contributed by atoms with Crippen molar-refractivity contribution in [3.8, 4) is 5.82 Å². The average molecular weight is 459 g/mol. The van der Waals surface area contributed by atoms with Crippen LogP contribution in [0.1, 0.15) is 17.3 Å². The molecule has 1 N–H and O–H groups in total. The van der Waals surface area contributed by atoms with Crippen molar-refractivity contribution >= 4 is 23.2 Å². The summed E-state index contributed by atoms with van der Waals surface area (Å²) in [4.78, 5) is 33.6. The number of nitrogens with one attached hydrogen (secondary N) is 1.